The monoisotopic (exact) mass is 276 g/mol. The van der Waals surface area contributed by atoms with Gasteiger partial charge in [-0.2, -0.15) is 0 Å². The molecule has 0 N–H and O–H groups in total. The van der Waals surface area contributed by atoms with Crippen molar-refractivity contribution in [2.24, 2.45) is 5.92 Å². The van der Waals surface area contributed by atoms with E-state index < -0.39 is 0 Å². The highest BCUT2D eigenvalue weighted by atomic mass is 32.2. The molecule has 1 aromatic heterocycles. The largest absolute Gasteiger partial charge is 0.278 e. The standard InChI is InChI=1S/C14H16N2O2S/c1-9(2)10(3)19-13-7-6-12(16(17)18)11-5-4-8-15-14(11)13/h4-10H,1-3H3. The number of thioether (sulfide) groups is 1. The maximum atomic E-state index is 11.0. The number of fused-ring (bicyclic) bond motifs is 1. The van der Waals surface area contributed by atoms with Gasteiger partial charge in [-0.1, -0.05) is 20.8 Å². The summed E-state index contributed by atoms with van der Waals surface area (Å²) in [6, 6.07) is 6.86. The quantitative estimate of drug-likeness (QED) is 0.475. The molecule has 0 saturated carbocycles. The fourth-order valence-corrected chi connectivity index (χ4v) is 2.82. The summed E-state index contributed by atoms with van der Waals surface area (Å²) < 4.78 is 0. The van der Waals surface area contributed by atoms with Crippen molar-refractivity contribution >= 4 is 28.4 Å². The molecule has 0 aliphatic carbocycles. The van der Waals surface area contributed by atoms with Gasteiger partial charge in [-0.05, 0) is 24.1 Å². The molecule has 4 nitrogen and oxygen atoms in total. The van der Waals surface area contributed by atoms with E-state index >= 15 is 0 Å². The molecule has 0 radical (unpaired) electrons. The molecule has 1 aromatic carbocycles. The summed E-state index contributed by atoms with van der Waals surface area (Å²) in [6.07, 6.45) is 1.68. The van der Waals surface area contributed by atoms with E-state index in [4.69, 9.17) is 0 Å². The van der Waals surface area contributed by atoms with Crippen LogP contribution in [0, 0.1) is 16.0 Å². The number of pyridine rings is 1. The molecule has 1 unspecified atom stereocenters. The Hall–Kier alpha value is -1.62. The first kappa shape index (κ1) is 13.8. The average molecular weight is 276 g/mol. The first-order valence-corrected chi connectivity index (χ1v) is 7.07. The summed E-state index contributed by atoms with van der Waals surface area (Å²) in [7, 11) is 0. The van der Waals surface area contributed by atoms with E-state index in [1.54, 1.807) is 42.2 Å². The maximum absolute atomic E-state index is 11.0. The molecule has 0 amide bonds. The van der Waals surface area contributed by atoms with Gasteiger partial charge in [0.15, 0.2) is 0 Å². The molecule has 2 rings (SSSR count). The number of rotatable bonds is 4. The summed E-state index contributed by atoms with van der Waals surface area (Å²) in [4.78, 5) is 16.0. The molecule has 2 aromatic rings. The highest BCUT2D eigenvalue weighted by molar-refractivity contribution is 8.00. The van der Waals surface area contributed by atoms with Crippen molar-refractivity contribution < 1.29 is 4.92 Å². The van der Waals surface area contributed by atoms with Gasteiger partial charge < -0.3 is 0 Å². The summed E-state index contributed by atoms with van der Waals surface area (Å²) >= 11 is 1.72. The molecule has 0 saturated heterocycles. The van der Waals surface area contributed by atoms with Crippen LogP contribution >= 0.6 is 11.8 Å². The number of nitrogens with zero attached hydrogens (tertiary/aromatic N) is 2. The van der Waals surface area contributed by atoms with E-state index in [9.17, 15) is 10.1 Å². The predicted octanol–water partition coefficient (Wildman–Crippen LogP) is 4.28. The van der Waals surface area contributed by atoms with Gasteiger partial charge in [0.1, 0.15) is 0 Å². The number of hydrogen-bond donors (Lipinski definition) is 0. The molecule has 0 fully saturated rings. The van der Waals surface area contributed by atoms with E-state index in [1.165, 1.54) is 0 Å². The fraction of sp³-hybridized carbons (Fsp3) is 0.357. The van der Waals surface area contributed by atoms with Crippen LogP contribution in [0.15, 0.2) is 35.4 Å². The van der Waals surface area contributed by atoms with Crippen molar-refractivity contribution in [2.75, 3.05) is 0 Å². The molecule has 1 atom stereocenters. The second kappa shape index (κ2) is 5.57. The Labute approximate surface area is 116 Å². The molecule has 1 heterocycles. The molecule has 5 heteroatoms. The van der Waals surface area contributed by atoms with Gasteiger partial charge in [0, 0.05) is 22.4 Å². The van der Waals surface area contributed by atoms with Gasteiger partial charge in [0.2, 0.25) is 0 Å². The Bertz CT molecular complexity index is 613. The van der Waals surface area contributed by atoms with Crippen molar-refractivity contribution in [3.63, 3.8) is 0 Å². The number of aromatic nitrogens is 1. The molecule has 0 spiro atoms. The summed E-state index contributed by atoms with van der Waals surface area (Å²) in [5.74, 6) is 0.541. The zero-order valence-corrected chi connectivity index (χ0v) is 12.0. The van der Waals surface area contributed by atoms with Crippen molar-refractivity contribution in [3.05, 3.63) is 40.6 Å². The van der Waals surface area contributed by atoms with Crippen LogP contribution in [0.4, 0.5) is 5.69 Å². The van der Waals surface area contributed by atoms with E-state index in [-0.39, 0.29) is 10.6 Å². The van der Waals surface area contributed by atoms with Crippen LogP contribution in [-0.4, -0.2) is 15.2 Å². The number of nitro benzene ring substituents is 1. The molecular weight excluding hydrogens is 260 g/mol. The summed E-state index contributed by atoms with van der Waals surface area (Å²) in [5.41, 5.74) is 0.832. The smallest absolute Gasteiger partial charge is 0.258 e. The average Bonchev–Trinajstić information content (AvgIpc) is 2.38. The third-order valence-corrected chi connectivity index (χ3v) is 4.66. The molecule has 100 valence electrons. The van der Waals surface area contributed by atoms with Gasteiger partial charge in [-0.25, -0.2) is 0 Å². The highest BCUT2D eigenvalue weighted by Gasteiger charge is 2.17. The summed E-state index contributed by atoms with van der Waals surface area (Å²) in [6.45, 7) is 6.49. The zero-order chi connectivity index (χ0) is 14.0. The van der Waals surface area contributed by atoms with Crippen molar-refractivity contribution in [1.82, 2.24) is 4.98 Å². The van der Waals surface area contributed by atoms with Crippen molar-refractivity contribution in [1.29, 1.82) is 0 Å². The van der Waals surface area contributed by atoms with Crippen LogP contribution in [0.25, 0.3) is 10.9 Å². The SMILES string of the molecule is CC(C)C(C)Sc1ccc([N+](=O)[O-])c2cccnc12. The van der Waals surface area contributed by atoms with Crippen molar-refractivity contribution in [2.45, 2.75) is 30.9 Å². The Morgan fingerprint density at radius 3 is 2.63 bits per heavy atom. The van der Waals surface area contributed by atoms with Crippen LogP contribution in [-0.2, 0) is 0 Å². The van der Waals surface area contributed by atoms with Crippen LogP contribution < -0.4 is 0 Å². The Kier molecular flexibility index (Phi) is 4.04. The third-order valence-electron chi connectivity index (χ3n) is 3.16. The second-order valence-corrected chi connectivity index (χ2v) is 6.23. The lowest BCUT2D eigenvalue weighted by Crippen LogP contribution is -2.05. The molecule has 19 heavy (non-hydrogen) atoms. The normalized spacial score (nSPS) is 12.8. The molecular formula is C14H16N2O2S. The van der Waals surface area contributed by atoms with E-state index in [2.05, 4.69) is 25.8 Å². The van der Waals surface area contributed by atoms with Gasteiger partial charge in [0.25, 0.3) is 5.69 Å². The van der Waals surface area contributed by atoms with E-state index in [1.807, 2.05) is 0 Å². The Morgan fingerprint density at radius 1 is 1.26 bits per heavy atom. The topological polar surface area (TPSA) is 56.0 Å². The lowest BCUT2D eigenvalue weighted by Gasteiger charge is -2.15. The maximum Gasteiger partial charge on any atom is 0.278 e. The number of non-ortho nitro benzene ring substituents is 1. The minimum atomic E-state index is -0.357. The van der Waals surface area contributed by atoms with E-state index in [0.29, 0.717) is 22.1 Å². The van der Waals surface area contributed by atoms with Crippen molar-refractivity contribution in [3.8, 4) is 0 Å². The van der Waals surface area contributed by atoms with Crippen LogP contribution in [0.1, 0.15) is 20.8 Å². The number of benzene rings is 1. The van der Waals surface area contributed by atoms with Crippen LogP contribution in [0.5, 0.6) is 0 Å². The van der Waals surface area contributed by atoms with Gasteiger partial charge >= 0.3 is 0 Å². The first-order valence-electron chi connectivity index (χ1n) is 6.19. The minimum absolute atomic E-state index is 0.115. The fourth-order valence-electron chi connectivity index (χ4n) is 1.72. The van der Waals surface area contributed by atoms with Gasteiger partial charge in [-0.3, -0.25) is 15.1 Å². The number of hydrogen-bond acceptors (Lipinski definition) is 4. The zero-order valence-electron chi connectivity index (χ0n) is 11.2. The molecule has 0 aliphatic heterocycles. The Balaban J connectivity index is 2.53. The van der Waals surface area contributed by atoms with Gasteiger partial charge in [-0.15, -0.1) is 11.8 Å². The predicted molar refractivity (Wildman–Crippen MR) is 78.6 cm³/mol. The van der Waals surface area contributed by atoms with Crippen LogP contribution in [0.2, 0.25) is 0 Å². The lowest BCUT2D eigenvalue weighted by atomic mass is 10.1. The molecule has 0 bridgehead atoms. The first-order chi connectivity index (χ1) is 9.00. The summed E-state index contributed by atoms with van der Waals surface area (Å²) in [5, 5.41) is 12.1. The minimum Gasteiger partial charge on any atom is -0.258 e. The van der Waals surface area contributed by atoms with Crippen LogP contribution in [0.3, 0.4) is 0 Å². The lowest BCUT2D eigenvalue weighted by molar-refractivity contribution is -0.383. The highest BCUT2D eigenvalue weighted by Crippen LogP contribution is 2.35. The Morgan fingerprint density at radius 2 is 2.00 bits per heavy atom. The van der Waals surface area contributed by atoms with E-state index in [0.717, 1.165) is 4.90 Å². The number of nitro groups is 1. The second-order valence-electron chi connectivity index (χ2n) is 4.81. The third kappa shape index (κ3) is 2.87. The molecule has 0 aliphatic rings. The van der Waals surface area contributed by atoms with Gasteiger partial charge in [0.05, 0.1) is 15.8 Å².